The first-order valence-electron chi connectivity index (χ1n) is 42.5. The van der Waals surface area contributed by atoms with Gasteiger partial charge in [-0.25, -0.2) is 0 Å². The van der Waals surface area contributed by atoms with E-state index in [1.165, 1.54) is 200 Å². The molecule has 0 aliphatic carbocycles. The predicted octanol–water partition coefficient (Wildman–Crippen LogP) is 34.5. The maximum absolute atomic E-state index is 2.30. The Hall–Kier alpha value is -14.0. The molecule has 0 saturated carbocycles. The largest absolute Gasteiger partial charge is 0.0622 e. The molecule has 0 amide bonds. The minimum atomic E-state index is 1.25. The van der Waals surface area contributed by atoms with Crippen LogP contribution < -0.4 is 0 Å². The first-order chi connectivity index (χ1) is 59.1. The Morgan fingerprint density at radius 2 is 0.197 bits per heavy atom. The third kappa shape index (κ3) is 26.5. The second kappa shape index (κ2) is 43.6. The molecule has 0 aliphatic heterocycles. The van der Waals surface area contributed by atoms with E-state index in [4.69, 9.17) is 0 Å². The van der Waals surface area contributed by atoms with Crippen LogP contribution in [0.1, 0.15) is 77.9 Å². The maximum Gasteiger partial charge on any atom is -0.0172 e. The van der Waals surface area contributed by atoms with Crippen molar-refractivity contribution in [1.82, 2.24) is 0 Å². The summed E-state index contributed by atoms with van der Waals surface area (Å²) in [6.07, 6.45) is 0. The van der Waals surface area contributed by atoms with E-state index in [1.54, 1.807) is 0 Å². The molecule has 0 atom stereocenters. The molecule has 0 aliphatic rings. The van der Waals surface area contributed by atoms with Crippen molar-refractivity contribution >= 4 is 0 Å². The number of hydrogen-bond donors (Lipinski definition) is 0. The Bertz CT molecular complexity index is 6090. The summed E-state index contributed by atoms with van der Waals surface area (Å²) in [6, 6.07) is 156. The smallest absolute Gasteiger partial charge is 0.0172 e. The Morgan fingerprint density at radius 3 is 0.393 bits per heavy atom. The summed E-state index contributed by atoms with van der Waals surface area (Å²) in [5.41, 5.74) is 46.2. The van der Waals surface area contributed by atoms with Gasteiger partial charge in [-0.1, -0.05) is 490 Å². The van der Waals surface area contributed by atoms with Crippen LogP contribution in [-0.4, -0.2) is 0 Å². The number of rotatable bonds is 11. The highest BCUT2D eigenvalue weighted by atomic mass is 14.2. The molecule has 18 rings (SSSR count). The van der Waals surface area contributed by atoms with Gasteiger partial charge in [0.15, 0.2) is 0 Å². The molecule has 0 nitrogen and oxygen atoms in total. The molecule has 0 radical (unpaired) electrons. The zero-order chi connectivity index (χ0) is 85.7. The van der Waals surface area contributed by atoms with Crippen molar-refractivity contribution in [3.63, 3.8) is 0 Å². The Morgan fingerprint density at radius 1 is 0.0738 bits per heavy atom. The van der Waals surface area contributed by atoms with Gasteiger partial charge < -0.3 is 0 Å². The molecule has 0 bridgehead atoms. The second-order valence-corrected chi connectivity index (χ2v) is 32.5. The van der Waals surface area contributed by atoms with Crippen LogP contribution in [0.25, 0.3) is 122 Å². The molecular weight excluding hydrogens is 1470 g/mol. The van der Waals surface area contributed by atoms with Gasteiger partial charge >= 0.3 is 0 Å². The second-order valence-electron chi connectivity index (χ2n) is 32.5. The van der Waals surface area contributed by atoms with Gasteiger partial charge in [-0.2, -0.15) is 0 Å². The third-order valence-electron chi connectivity index (χ3n) is 21.5. The van der Waals surface area contributed by atoms with Gasteiger partial charge in [-0.05, 0) is 244 Å². The molecule has 0 N–H and O–H groups in total. The van der Waals surface area contributed by atoms with Crippen molar-refractivity contribution in [1.29, 1.82) is 0 Å². The summed E-state index contributed by atoms with van der Waals surface area (Å²) in [6.45, 7) is 29.7. The van der Waals surface area contributed by atoms with Crippen molar-refractivity contribution in [3.05, 3.63) is 515 Å². The molecular formula is C122H114. The van der Waals surface area contributed by atoms with Crippen LogP contribution in [0.3, 0.4) is 0 Å². The monoisotopic (exact) mass is 1580 g/mol. The summed E-state index contributed by atoms with van der Waals surface area (Å²) in [5.74, 6) is 0. The van der Waals surface area contributed by atoms with Crippen LogP contribution in [0, 0.1) is 96.9 Å². The average molecular weight is 1580 g/mol. The highest BCUT2D eigenvalue weighted by Gasteiger charge is 2.11. The van der Waals surface area contributed by atoms with E-state index in [-0.39, 0.29) is 0 Å². The number of benzene rings is 18. The minimum Gasteiger partial charge on any atom is -0.0622 e. The van der Waals surface area contributed by atoms with E-state index in [2.05, 4.69) is 534 Å². The van der Waals surface area contributed by atoms with Gasteiger partial charge in [0.05, 0.1) is 0 Å². The molecule has 18 aromatic carbocycles. The molecule has 122 heavy (non-hydrogen) atoms. The zero-order valence-corrected chi connectivity index (χ0v) is 73.6. The molecule has 0 saturated heterocycles. The van der Waals surface area contributed by atoms with Crippen molar-refractivity contribution in [2.75, 3.05) is 0 Å². The van der Waals surface area contributed by atoms with Gasteiger partial charge in [0, 0.05) is 0 Å². The lowest BCUT2D eigenvalue weighted by molar-refractivity contribution is 1.39. The first-order valence-corrected chi connectivity index (χ1v) is 42.5. The number of aryl methyl sites for hydroxylation is 14. The molecule has 602 valence electrons. The fourth-order valence-corrected chi connectivity index (χ4v) is 14.7. The lowest BCUT2D eigenvalue weighted by Gasteiger charge is -2.12. The van der Waals surface area contributed by atoms with Gasteiger partial charge in [0.2, 0.25) is 0 Å². The van der Waals surface area contributed by atoms with Gasteiger partial charge in [-0.3, -0.25) is 0 Å². The maximum atomic E-state index is 2.30. The summed E-state index contributed by atoms with van der Waals surface area (Å²) in [7, 11) is 0. The fourth-order valence-electron chi connectivity index (χ4n) is 14.7. The van der Waals surface area contributed by atoms with Gasteiger partial charge in [0.1, 0.15) is 0 Å². The minimum absolute atomic E-state index is 1.25. The van der Waals surface area contributed by atoms with Crippen LogP contribution in [0.4, 0.5) is 0 Å². The van der Waals surface area contributed by atoms with Crippen LogP contribution in [0.5, 0.6) is 0 Å². The third-order valence-corrected chi connectivity index (χ3v) is 21.5. The Balaban J connectivity index is 0.000000133. The van der Waals surface area contributed by atoms with E-state index in [0.29, 0.717) is 0 Å². The van der Waals surface area contributed by atoms with E-state index in [9.17, 15) is 0 Å². The van der Waals surface area contributed by atoms with E-state index in [1.807, 2.05) is 0 Å². The Kier molecular flexibility index (Phi) is 31.2. The SMILES string of the molecule is Cc1ccc(-c2ccc(-c3cccc(C)c3)cc2)cc1.Cc1ccc(-c2cccc(-c3ccc(C)cc3)c2)cc1.Cc1ccc(-c2cccc(C)c2)cc1.Cc1cccc(-c2cc(-c3ccccc3)cc(-c3cccc(C)c3)c2)c1.Cc1cccc(-c2ccc(-c3cccc(C)c3)cc2)c1.Cc1cccc(-c2cccc(C)c2)c1.Cc1cccc(C)c1. The standard InChI is InChI=1S/C26H22.3C20H18.2C14H14.C8H10/c1-19-8-6-12-22(14-19)25-16-24(21-10-4-3-5-11-21)17-26(18-25)23-13-7-9-20(2)15-23;1-15-5-3-7-19(13-15)17-9-11-18(12-10-17)20-8-4-6-16(2)14-20;1-15-6-10-17(11-7-15)19-4-3-5-20(14-19)18-12-8-16(2)9-13-18;1-15-6-8-17(9-7-15)18-10-12-19(13-11-18)20-5-3-4-16(2)14-20;1-11-5-3-7-13(9-11)14-8-4-6-12(2)10-14;1-11-6-8-13(9-7-11)14-5-3-4-12(2)10-14;1-7-4-3-5-8(2)6-7/h3-18H,1-2H3;3*3-14H,1-2H3;2*3-10H,1-2H3;3-6H,1-2H3. The average Bonchev–Trinajstić information content (AvgIpc) is 0.758. The van der Waals surface area contributed by atoms with Crippen LogP contribution in [0.2, 0.25) is 0 Å². The van der Waals surface area contributed by atoms with Crippen molar-refractivity contribution in [3.8, 4) is 122 Å². The highest BCUT2D eigenvalue weighted by molar-refractivity contribution is 5.82. The van der Waals surface area contributed by atoms with Crippen molar-refractivity contribution in [2.24, 2.45) is 0 Å². The molecule has 0 aromatic heterocycles. The first kappa shape index (κ1) is 87.3. The van der Waals surface area contributed by atoms with Crippen molar-refractivity contribution in [2.45, 2.75) is 96.9 Å². The topological polar surface area (TPSA) is 0 Å². The normalized spacial score (nSPS) is 10.4. The molecule has 0 spiro atoms. The predicted molar refractivity (Wildman–Crippen MR) is 531 cm³/mol. The van der Waals surface area contributed by atoms with Gasteiger partial charge in [-0.15, -0.1) is 0 Å². The molecule has 0 heteroatoms. The molecule has 0 heterocycles. The molecule has 0 fully saturated rings. The Labute approximate surface area is 729 Å². The van der Waals surface area contributed by atoms with Crippen molar-refractivity contribution < 1.29 is 0 Å². The van der Waals surface area contributed by atoms with Crippen LogP contribution >= 0.6 is 0 Å². The molecule has 0 unspecified atom stereocenters. The summed E-state index contributed by atoms with van der Waals surface area (Å²) in [4.78, 5) is 0. The quantitative estimate of drug-likeness (QED) is 0.121. The lowest BCUT2D eigenvalue weighted by Crippen LogP contribution is -1.87. The van der Waals surface area contributed by atoms with E-state index in [0.717, 1.165) is 0 Å². The van der Waals surface area contributed by atoms with E-state index < -0.39 is 0 Å². The number of hydrogen-bond acceptors (Lipinski definition) is 0. The van der Waals surface area contributed by atoms with Crippen LogP contribution in [-0.2, 0) is 0 Å². The lowest BCUT2D eigenvalue weighted by atomic mass is 9.92. The summed E-state index contributed by atoms with van der Waals surface area (Å²) in [5, 5.41) is 0. The van der Waals surface area contributed by atoms with Crippen LogP contribution in [0.15, 0.2) is 437 Å². The highest BCUT2D eigenvalue weighted by Crippen LogP contribution is 2.36. The fraction of sp³-hybridized carbons (Fsp3) is 0.115. The summed E-state index contributed by atoms with van der Waals surface area (Å²) < 4.78 is 0. The molecule has 18 aromatic rings. The van der Waals surface area contributed by atoms with E-state index >= 15 is 0 Å². The van der Waals surface area contributed by atoms with Gasteiger partial charge in [0.25, 0.3) is 0 Å². The summed E-state index contributed by atoms with van der Waals surface area (Å²) >= 11 is 0. The zero-order valence-electron chi connectivity index (χ0n) is 73.6.